The van der Waals surface area contributed by atoms with Gasteiger partial charge in [-0.15, -0.1) is 22.7 Å². The molecule has 2 aromatic rings. The maximum absolute atomic E-state index is 6.34. The molecule has 1 nitrogen and oxygen atoms in total. The summed E-state index contributed by atoms with van der Waals surface area (Å²) in [6, 6.07) is 6.75. The van der Waals surface area contributed by atoms with E-state index in [1.165, 1.54) is 37.0 Å². The zero-order valence-electron chi connectivity index (χ0n) is 9.82. The summed E-state index contributed by atoms with van der Waals surface area (Å²) in [5.41, 5.74) is 7.87. The van der Waals surface area contributed by atoms with E-state index in [0.717, 1.165) is 6.42 Å². The van der Waals surface area contributed by atoms with Crippen LogP contribution in [0.1, 0.15) is 26.2 Å². The first kappa shape index (κ1) is 13.2. The Morgan fingerprint density at radius 1 is 1.33 bits per heavy atom. The van der Waals surface area contributed by atoms with E-state index in [0.29, 0.717) is 0 Å². The van der Waals surface area contributed by atoms with E-state index < -0.39 is 0 Å². The fraction of sp³-hybridized carbons (Fsp3) is 0.385. The first-order chi connectivity index (χ1) is 8.72. The van der Waals surface area contributed by atoms with E-state index >= 15 is 0 Å². The SMILES string of the molecule is NC(Cc1ccc(Br)s1)c1cc2c(s1)CCSC2. The van der Waals surface area contributed by atoms with Crippen LogP contribution < -0.4 is 5.73 Å². The third kappa shape index (κ3) is 2.85. The number of halogens is 1. The molecule has 0 fully saturated rings. The predicted octanol–water partition coefficient (Wildman–Crippen LogP) is 4.60. The van der Waals surface area contributed by atoms with Gasteiger partial charge in [0.15, 0.2) is 0 Å². The Morgan fingerprint density at radius 3 is 2.94 bits per heavy atom. The lowest BCUT2D eigenvalue weighted by Gasteiger charge is -2.08. The molecule has 5 heteroatoms. The molecule has 0 saturated carbocycles. The molecule has 3 heterocycles. The standard InChI is InChI=1S/C13H14BrNS3/c14-13-2-1-9(17-13)6-10(15)12-5-8-7-16-4-3-11(8)18-12/h1-2,5,10H,3-4,6-7,15H2. The molecule has 18 heavy (non-hydrogen) atoms. The van der Waals surface area contributed by atoms with Crippen molar-refractivity contribution in [2.75, 3.05) is 5.75 Å². The summed E-state index contributed by atoms with van der Waals surface area (Å²) in [5, 5.41) is 0. The number of hydrogen-bond acceptors (Lipinski definition) is 4. The Morgan fingerprint density at radius 2 is 2.22 bits per heavy atom. The van der Waals surface area contributed by atoms with Gasteiger partial charge in [-0.25, -0.2) is 0 Å². The molecule has 0 aliphatic carbocycles. The molecule has 2 aromatic heterocycles. The number of thiophene rings is 2. The molecule has 0 bridgehead atoms. The molecule has 1 aliphatic heterocycles. The van der Waals surface area contributed by atoms with E-state index in [2.05, 4.69) is 34.1 Å². The fourth-order valence-corrected chi connectivity index (χ4v) is 6.05. The average molecular weight is 360 g/mol. The van der Waals surface area contributed by atoms with Crippen molar-refractivity contribution in [3.8, 4) is 0 Å². The summed E-state index contributed by atoms with van der Waals surface area (Å²) in [6.45, 7) is 0. The monoisotopic (exact) mass is 359 g/mol. The van der Waals surface area contributed by atoms with Gasteiger partial charge in [0.05, 0.1) is 3.79 Å². The van der Waals surface area contributed by atoms with Gasteiger partial charge in [-0.1, -0.05) is 0 Å². The number of nitrogens with two attached hydrogens (primary N) is 1. The number of aryl methyl sites for hydroxylation is 1. The van der Waals surface area contributed by atoms with Crippen molar-refractivity contribution < 1.29 is 0 Å². The van der Waals surface area contributed by atoms with Crippen LogP contribution >= 0.6 is 50.4 Å². The summed E-state index contributed by atoms with van der Waals surface area (Å²) in [7, 11) is 0. The molecule has 0 radical (unpaired) electrons. The van der Waals surface area contributed by atoms with Crippen molar-refractivity contribution in [3.05, 3.63) is 42.2 Å². The highest BCUT2D eigenvalue weighted by Gasteiger charge is 2.17. The average Bonchev–Trinajstić information content (AvgIpc) is 2.95. The highest BCUT2D eigenvalue weighted by atomic mass is 79.9. The second-order valence-electron chi connectivity index (χ2n) is 4.42. The van der Waals surface area contributed by atoms with Crippen LogP contribution in [0.3, 0.4) is 0 Å². The van der Waals surface area contributed by atoms with Gasteiger partial charge in [-0.05, 0) is 51.9 Å². The van der Waals surface area contributed by atoms with Gasteiger partial charge >= 0.3 is 0 Å². The minimum Gasteiger partial charge on any atom is -0.323 e. The van der Waals surface area contributed by atoms with E-state index in [4.69, 9.17) is 5.73 Å². The summed E-state index contributed by atoms with van der Waals surface area (Å²) < 4.78 is 1.19. The van der Waals surface area contributed by atoms with Crippen molar-refractivity contribution in [2.24, 2.45) is 5.73 Å². The third-order valence-corrected chi connectivity index (χ3v) is 7.09. The summed E-state index contributed by atoms with van der Waals surface area (Å²) in [5.74, 6) is 2.43. The second-order valence-corrected chi connectivity index (χ2v) is 9.24. The topological polar surface area (TPSA) is 26.0 Å². The van der Waals surface area contributed by atoms with E-state index in [9.17, 15) is 0 Å². The van der Waals surface area contributed by atoms with Gasteiger partial charge in [0.2, 0.25) is 0 Å². The van der Waals surface area contributed by atoms with E-state index in [-0.39, 0.29) is 6.04 Å². The van der Waals surface area contributed by atoms with Gasteiger partial charge in [-0.3, -0.25) is 0 Å². The number of rotatable bonds is 3. The lowest BCUT2D eigenvalue weighted by Crippen LogP contribution is -2.10. The van der Waals surface area contributed by atoms with Crippen molar-refractivity contribution in [2.45, 2.75) is 24.6 Å². The van der Waals surface area contributed by atoms with Crippen molar-refractivity contribution in [3.63, 3.8) is 0 Å². The molecule has 1 unspecified atom stereocenters. The Balaban J connectivity index is 1.75. The zero-order valence-corrected chi connectivity index (χ0v) is 13.9. The summed E-state index contributed by atoms with van der Waals surface area (Å²) >= 11 is 9.24. The Labute approximate surface area is 128 Å². The first-order valence-electron chi connectivity index (χ1n) is 5.91. The smallest absolute Gasteiger partial charge is 0.0701 e. The Kier molecular flexibility index (Phi) is 4.15. The molecule has 0 spiro atoms. The Hall–Kier alpha value is 0.190. The summed E-state index contributed by atoms with van der Waals surface area (Å²) in [6.07, 6.45) is 2.17. The molecule has 1 atom stereocenters. The number of hydrogen-bond donors (Lipinski definition) is 1. The maximum atomic E-state index is 6.34. The quantitative estimate of drug-likeness (QED) is 0.865. The van der Waals surface area contributed by atoms with Crippen LogP contribution in [0.4, 0.5) is 0 Å². The highest BCUT2D eigenvalue weighted by Crippen LogP contribution is 2.35. The largest absolute Gasteiger partial charge is 0.323 e. The highest BCUT2D eigenvalue weighted by molar-refractivity contribution is 9.11. The third-order valence-electron chi connectivity index (χ3n) is 3.06. The molecule has 0 saturated heterocycles. The fourth-order valence-electron chi connectivity index (χ4n) is 2.13. The number of fused-ring (bicyclic) bond motifs is 1. The minimum atomic E-state index is 0.149. The molecule has 1 aliphatic rings. The van der Waals surface area contributed by atoms with Crippen LogP contribution in [-0.4, -0.2) is 5.75 Å². The molecule has 0 aromatic carbocycles. The van der Waals surface area contributed by atoms with Gasteiger partial charge in [0, 0.05) is 32.8 Å². The molecule has 3 rings (SSSR count). The van der Waals surface area contributed by atoms with Gasteiger partial charge in [0.1, 0.15) is 0 Å². The predicted molar refractivity (Wildman–Crippen MR) is 86.8 cm³/mol. The Bertz CT molecular complexity index is 523. The molecule has 2 N–H and O–H groups in total. The molecule has 96 valence electrons. The first-order valence-corrected chi connectivity index (χ1v) is 9.49. The van der Waals surface area contributed by atoms with Crippen molar-refractivity contribution in [1.29, 1.82) is 0 Å². The van der Waals surface area contributed by atoms with Crippen molar-refractivity contribution >= 4 is 50.4 Å². The van der Waals surface area contributed by atoms with Crippen LogP contribution in [-0.2, 0) is 18.6 Å². The van der Waals surface area contributed by atoms with Gasteiger partial charge < -0.3 is 5.73 Å². The van der Waals surface area contributed by atoms with Crippen LogP contribution in [0, 0.1) is 0 Å². The second kappa shape index (κ2) is 5.67. The van der Waals surface area contributed by atoms with Crippen LogP contribution in [0.2, 0.25) is 0 Å². The van der Waals surface area contributed by atoms with Crippen LogP contribution in [0.25, 0.3) is 0 Å². The zero-order chi connectivity index (χ0) is 12.5. The molecular weight excluding hydrogens is 346 g/mol. The van der Waals surface area contributed by atoms with E-state index in [1.54, 1.807) is 16.2 Å². The van der Waals surface area contributed by atoms with Gasteiger partial charge in [0.25, 0.3) is 0 Å². The van der Waals surface area contributed by atoms with Crippen LogP contribution in [0.15, 0.2) is 22.0 Å². The van der Waals surface area contributed by atoms with Gasteiger partial charge in [-0.2, -0.15) is 11.8 Å². The number of thioether (sulfide) groups is 1. The van der Waals surface area contributed by atoms with Crippen molar-refractivity contribution in [1.82, 2.24) is 0 Å². The maximum Gasteiger partial charge on any atom is 0.0701 e. The molecule has 0 amide bonds. The molecular formula is C13H14BrNS3. The normalized spacial score (nSPS) is 16.6. The summed E-state index contributed by atoms with van der Waals surface area (Å²) in [4.78, 5) is 4.27. The lowest BCUT2D eigenvalue weighted by molar-refractivity contribution is 0.745. The lowest BCUT2D eigenvalue weighted by atomic mass is 10.1. The van der Waals surface area contributed by atoms with E-state index in [1.807, 2.05) is 23.1 Å². The minimum absolute atomic E-state index is 0.149. The van der Waals surface area contributed by atoms with Crippen LogP contribution in [0.5, 0.6) is 0 Å².